The summed E-state index contributed by atoms with van der Waals surface area (Å²) < 4.78 is 14.0. The smallest absolute Gasteiger partial charge is 0.344 e. The van der Waals surface area contributed by atoms with Gasteiger partial charge in [-0.3, -0.25) is 15.0 Å². The van der Waals surface area contributed by atoms with Crippen LogP contribution in [0, 0.1) is 5.82 Å². The van der Waals surface area contributed by atoms with Crippen molar-refractivity contribution >= 4 is 28.7 Å². The Labute approximate surface area is 190 Å². The van der Waals surface area contributed by atoms with Crippen molar-refractivity contribution in [1.82, 2.24) is 20.7 Å². The fourth-order valence-electron chi connectivity index (χ4n) is 4.97. The molecule has 4 amide bonds. The molecule has 170 valence electrons. The van der Waals surface area contributed by atoms with Crippen molar-refractivity contribution in [3.05, 3.63) is 59.9 Å². The van der Waals surface area contributed by atoms with Crippen LogP contribution < -0.4 is 10.7 Å². The van der Waals surface area contributed by atoms with Crippen LogP contribution in [0.1, 0.15) is 44.1 Å². The Kier molecular flexibility index (Phi) is 5.36. The van der Waals surface area contributed by atoms with E-state index in [2.05, 4.69) is 15.7 Å². The zero-order chi connectivity index (χ0) is 23.0. The highest BCUT2D eigenvalue weighted by Crippen LogP contribution is 2.34. The van der Waals surface area contributed by atoms with Gasteiger partial charge in [0.05, 0.1) is 0 Å². The molecule has 0 unspecified atom stereocenters. The standard InChI is InChI=1S/C25H25FN4O3/c26-17-9-11-20-19(15-17)18(22(27-20)16-7-3-1-4-8-16)10-12-21(31)29-30-23(32)25(28-24(30)33)13-5-2-6-14-25/h1,3-4,7-9,11,15,27H,2,5-6,10,12-14H2,(H,28,33)(H,29,31). The lowest BCUT2D eigenvalue weighted by molar-refractivity contribution is -0.139. The minimum atomic E-state index is -0.891. The number of rotatable bonds is 5. The molecule has 1 saturated carbocycles. The lowest BCUT2D eigenvalue weighted by Gasteiger charge is -2.30. The maximum Gasteiger partial charge on any atom is 0.344 e. The number of hydrogen-bond acceptors (Lipinski definition) is 3. The molecule has 5 rings (SSSR count). The van der Waals surface area contributed by atoms with Crippen molar-refractivity contribution in [3.8, 4) is 11.3 Å². The molecule has 2 aliphatic rings. The number of hydrogen-bond donors (Lipinski definition) is 3. The highest BCUT2D eigenvalue weighted by molar-refractivity contribution is 6.08. The molecule has 0 radical (unpaired) electrons. The quantitative estimate of drug-likeness (QED) is 0.511. The number of halogens is 1. The average Bonchev–Trinajstić information content (AvgIpc) is 3.29. The van der Waals surface area contributed by atoms with Gasteiger partial charge < -0.3 is 10.3 Å². The summed E-state index contributed by atoms with van der Waals surface area (Å²) in [5, 5.41) is 4.31. The van der Waals surface area contributed by atoms with Gasteiger partial charge in [-0.15, -0.1) is 0 Å². The zero-order valence-corrected chi connectivity index (χ0v) is 18.1. The van der Waals surface area contributed by atoms with Gasteiger partial charge in [0.2, 0.25) is 5.91 Å². The monoisotopic (exact) mass is 448 g/mol. The van der Waals surface area contributed by atoms with Crippen LogP contribution in [0.4, 0.5) is 9.18 Å². The molecule has 3 aromatic rings. The average molecular weight is 448 g/mol. The van der Waals surface area contributed by atoms with E-state index < -0.39 is 17.5 Å². The largest absolute Gasteiger partial charge is 0.354 e. The van der Waals surface area contributed by atoms with Gasteiger partial charge >= 0.3 is 6.03 Å². The summed E-state index contributed by atoms with van der Waals surface area (Å²) in [6.45, 7) is 0. The Hall–Kier alpha value is -3.68. The van der Waals surface area contributed by atoms with Crippen molar-refractivity contribution in [2.45, 2.75) is 50.5 Å². The molecule has 1 saturated heterocycles. The van der Waals surface area contributed by atoms with Gasteiger partial charge in [-0.2, -0.15) is 5.01 Å². The van der Waals surface area contributed by atoms with E-state index in [9.17, 15) is 18.8 Å². The molecule has 8 heteroatoms. The molecular weight excluding hydrogens is 423 g/mol. The Morgan fingerprint density at radius 2 is 1.82 bits per heavy atom. The van der Waals surface area contributed by atoms with Gasteiger partial charge in [-0.25, -0.2) is 9.18 Å². The third-order valence-corrected chi connectivity index (χ3v) is 6.64. The molecule has 1 spiro atoms. The summed E-state index contributed by atoms with van der Waals surface area (Å²) in [5.74, 6) is -1.19. The Balaban J connectivity index is 1.35. The molecule has 2 aromatic carbocycles. The van der Waals surface area contributed by atoms with Crippen LogP contribution >= 0.6 is 0 Å². The fourth-order valence-corrected chi connectivity index (χ4v) is 4.97. The third kappa shape index (κ3) is 3.86. The number of fused-ring (bicyclic) bond motifs is 1. The molecule has 1 aliphatic heterocycles. The van der Waals surface area contributed by atoms with E-state index in [1.165, 1.54) is 12.1 Å². The van der Waals surface area contributed by atoms with Crippen LogP contribution in [0.15, 0.2) is 48.5 Å². The minimum Gasteiger partial charge on any atom is -0.354 e. The maximum absolute atomic E-state index is 14.0. The predicted molar refractivity (Wildman–Crippen MR) is 121 cm³/mol. The number of aromatic amines is 1. The predicted octanol–water partition coefficient (Wildman–Crippen LogP) is 4.19. The summed E-state index contributed by atoms with van der Waals surface area (Å²) >= 11 is 0. The van der Waals surface area contributed by atoms with Crippen molar-refractivity contribution in [1.29, 1.82) is 0 Å². The highest BCUT2D eigenvalue weighted by Gasteiger charge is 2.52. The molecule has 2 heterocycles. The highest BCUT2D eigenvalue weighted by atomic mass is 19.1. The third-order valence-electron chi connectivity index (χ3n) is 6.64. The number of benzene rings is 2. The first-order valence-corrected chi connectivity index (χ1v) is 11.3. The number of carbonyl (C=O) groups excluding carboxylic acids is 3. The molecule has 1 aliphatic carbocycles. The number of hydrazine groups is 1. The van der Waals surface area contributed by atoms with Gasteiger partial charge in [0, 0.05) is 23.0 Å². The minimum absolute atomic E-state index is 0.0351. The van der Waals surface area contributed by atoms with Crippen molar-refractivity contribution < 1.29 is 18.8 Å². The molecule has 2 fully saturated rings. The molecule has 7 nitrogen and oxygen atoms in total. The Morgan fingerprint density at radius 3 is 2.58 bits per heavy atom. The molecule has 1 aromatic heterocycles. The van der Waals surface area contributed by atoms with E-state index in [1.807, 2.05) is 30.3 Å². The zero-order valence-electron chi connectivity index (χ0n) is 18.1. The van der Waals surface area contributed by atoms with E-state index in [0.717, 1.165) is 46.6 Å². The topological polar surface area (TPSA) is 94.3 Å². The van der Waals surface area contributed by atoms with Crippen molar-refractivity contribution in [2.75, 3.05) is 0 Å². The first-order valence-electron chi connectivity index (χ1n) is 11.3. The van der Waals surface area contributed by atoms with Crippen LogP contribution in [0.3, 0.4) is 0 Å². The fraction of sp³-hybridized carbons (Fsp3) is 0.320. The van der Waals surface area contributed by atoms with Gasteiger partial charge in [-0.1, -0.05) is 49.6 Å². The van der Waals surface area contributed by atoms with Crippen LogP contribution in [-0.4, -0.2) is 33.4 Å². The molecule has 0 atom stereocenters. The summed E-state index contributed by atoms with van der Waals surface area (Å²) in [7, 11) is 0. The number of imide groups is 1. The van der Waals surface area contributed by atoms with Crippen LogP contribution in [0.5, 0.6) is 0 Å². The van der Waals surface area contributed by atoms with Crippen molar-refractivity contribution in [2.24, 2.45) is 0 Å². The molecule has 33 heavy (non-hydrogen) atoms. The van der Waals surface area contributed by atoms with Crippen LogP contribution in [0.25, 0.3) is 22.2 Å². The lowest BCUT2D eigenvalue weighted by Crippen LogP contribution is -2.51. The first-order chi connectivity index (χ1) is 16.0. The number of aryl methyl sites for hydroxylation is 1. The molecule has 3 N–H and O–H groups in total. The van der Waals surface area contributed by atoms with Crippen LogP contribution in [0.2, 0.25) is 0 Å². The van der Waals surface area contributed by atoms with Gasteiger partial charge in [0.25, 0.3) is 5.91 Å². The summed E-state index contributed by atoms with van der Waals surface area (Å²) in [6, 6.07) is 13.6. The normalized spacial score (nSPS) is 17.5. The second-order valence-electron chi connectivity index (χ2n) is 8.78. The lowest BCUT2D eigenvalue weighted by atomic mass is 9.82. The van der Waals surface area contributed by atoms with E-state index >= 15 is 0 Å². The second kappa shape index (κ2) is 8.35. The first kappa shape index (κ1) is 21.2. The van der Waals surface area contributed by atoms with Crippen molar-refractivity contribution in [3.63, 3.8) is 0 Å². The van der Waals surface area contributed by atoms with Crippen LogP contribution in [-0.2, 0) is 16.0 Å². The number of H-pyrrole nitrogens is 1. The Bertz CT molecular complexity index is 1230. The maximum atomic E-state index is 14.0. The molecule has 0 bridgehead atoms. The number of nitrogens with zero attached hydrogens (tertiary/aromatic N) is 1. The summed E-state index contributed by atoms with van der Waals surface area (Å²) in [6.07, 6.45) is 4.30. The number of urea groups is 1. The second-order valence-corrected chi connectivity index (χ2v) is 8.78. The Morgan fingerprint density at radius 1 is 1.06 bits per heavy atom. The summed E-state index contributed by atoms with van der Waals surface area (Å²) in [5.41, 5.74) is 4.93. The van der Waals surface area contributed by atoms with E-state index in [-0.39, 0.29) is 18.1 Å². The van der Waals surface area contributed by atoms with Gasteiger partial charge in [0.1, 0.15) is 11.4 Å². The number of carbonyl (C=O) groups is 3. The molecular formula is C25H25FN4O3. The summed E-state index contributed by atoms with van der Waals surface area (Å²) in [4.78, 5) is 41.4. The van der Waals surface area contributed by atoms with Gasteiger partial charge in [-0.05, 0) is 48.6 Å². The van der Waals surface area contributed by atoms with E-state index in [1.54, 1.807) is 6.07 Å². The number of aromatic nitrogens is 1. The number of amides is 4. The van der Waals surface area contributed by atoms with E-state index in [4.69, 9.17) is 0 Å². The van der Waals surface area contributed by atoms with E-state index in [0.29, 0.717) is 24.6 Å². The SMILES string of the molecule is O=C(CCc1c(-c2ccccc2)[nH]c2ccc(F)cc12)NN1C(=O)NC2(CCCCC2)C1=O. The number of nitrogens with one attached hydrogen (secondary N) is 3. The van der Waals surface area contributed by atoms with Gasteiger partial charge in [0.15, 0.2) is 0 Å².